The van der Waals surface area contributed by atoms with Crippen molar-refractivity contribution >= 4 is 23.3 Å². The summed E-state index contributed by atoms with van der Waals surface area (Å²) in [6.45, 7) is 4.72. The second kappa shape index (κ2) is 6.50. The van der Waals surface area contributed by atoms with Crippen molar-refractivity contribution in [3.8, 4) is 0 Å². The highest BCUT2D eigenvalue weighted by Gasteiger charge is 2.08. The number of hydrogen-bond donors (Lipinski definition) is 1. The van der Waals surface area contributed by atoms with Crippen molar-refractivity contribution in [3.63, 3.8) is 0 Å². The molecular formula is C13H18ClNO2. The van der Waals surface area contributed by atoms with Crippen LogP contribution in [0.3, 0.4) is 0 Å². The molecule has 0 aliphatic heterocycles. The van der Waals surface area contributed by atoms with Gasteiger partial charge < -0.3 is 10.5 Å². The first-order valence-corrected chi connectivity index (χ1v) is 6.10. The number of rotatable bonds is 5. The molecule has 3 nitrogen and oxygen atoms in total. The van der Waals surface area contributed by atoms with Gasteiger partial charge in [-0.2, -0.15) is 0 Å². The summed E-state index contributed by atoms with van der Waals surface area (Å²) < 4.78 is 5.13. The number of carbonyl (C=O) groups is 1. The SMILES string of the molecule is CC(C)CCCOC(=O)c1ccc(N)c(Cl)c1. The number of hydrogen-bond acceptors (Lipinski definition) is 3. The Morgan fingerprint density at radius 2 is 2.18 bits per heavy atom. The minimum absolute atomic E-state index is 0.351. The van der Waals surface area contributed by atoms with Crippen LogP contribution in [0, 0.1) is 5.92 Å². The summed E-state index contributed by atoms with van der Waals surface area (Å²) in [5.41, 5.74) is 6.46. The highest BCUT2D eigenvalue weighted by Crippen LogP contribution is 2.20. The Hall–Kier alpha value is -1.22. The van der Waals surface area contributed by atoms with Gasteiger partial charge in [-0.05, 0) is 37.0 Å². The molecule has 0 heterocycles. The minimum atomic E-state index is -0.351. The first-order chi connectivity index (χ1) is 8.00. The molecule has 1 aromatic carbocycles. The molecule has 0 aliphatic carbocycles. The number of anilines is 1. The molecule has 0 saturated carbocycles. The largest absolute Gasteiger partial charge is 0.462 e. The maximum absolute atomic E-state index is 11.6. The Kier molecular flexibility index (Phi) is 5.29. The number of esters is 1. The van der Waals surface area contributed by atoms with E-state index in [1.54, 1.807) is 12.1 Å². The van der Waals surface area contributed by atoms with Gasteiger partial charge in [-0.25, -0.2) is 4.79 Å². The molecule has 0 aromatic heterocycles. The van der Waals surface area contributed by atoms with E-state index >= 15 is 0 Å². The third-order valence-electron chi connectivity index (χ3n) is 2.40. The van der Waals surface area contributed by atoms with Crippen LogP contribution in [-0.4, -0.2) is 12.6 Å². The summed E-state index contributed by atoms with van der Waals surface area (Å²) in [4.78, 5) is 11.6. The number of carbonyl (C=O) groups excluding carboxylic acids is 1. The van der Waals surface area contributed by atoms with E-state index in [1.165, 1.54) is 6.07 Å². The second-order valence-corrected chi connectivity index (χ2v) is 4.82. The van der Waals surface area contributed by atoms with Gasteiger partial charge in [0.25, 0.3) is 0 Å². The minimum Gasteiger partial charge on any atom is -0.462 e. The zero-order valence-electron chi connectivity index (χ0n) is 10.2. The molecule has 94 valence electrons. The molecule has 0 bridgehead atoms. The molecule has 2 N–H and O–H groups in total. The Morgan fingerprint density at radius 3 is 2.76 bits per heavy atom. The molecule has 0 amide bonds. The summed E-state index contributed by atoms with van der Waals surface area (Å²) in [6, 6.07) is 4.75. The van der Waals surface area contributed by atoms with Crippen LogP contribution in [0.2, 0.25) is 5.02 Å². The van der Waals surface area contributed by atoms with Crippen LogP contribution in [0.25, 0.3) is 0 Å². The zero-order valence-corrected chi connectivity index (χ0v) is 11.0. The molecule has 1 rings (SSSR count). The lowest BCUT2D eigenvalue weighted by atomic mass is 10.1. The first kappa shape index (κ1) is 13.8. The maximum Gasteiger partial charge on any atom is 0.338 e. The number of halogens is 1. The molecular weight excluding hydrogens is 238 g/mol. The van der Waals surface area contributed by atoms with E-state index in [-0.39, 0.29) is 5.97 Å². The van der Waals surface area contributed by atoms with E-state index in [0.717, 1.165) is 12.8 Å². The molecule has 0 aliphatic rings. The Labute approximate surface area is 107 Å². The predicted octanol–water partition coefficient (Wildman–Crippen LogP) is 3.52. The summed E-state index contributed by atoms with van der Waals surface area (Å²) >= 11 is 5.83. The average Bonchev–Trinajstić information content (AvgIpc) is 2.27. The van der Waals surface area contributed by atoms with E-state index in [1.807, 2.05) is 0 Å². The summed E-state index contributed by atoms with van der Waals surface area (Å²) in [5, 5.41) is 0.377. The fourth-order valence-corrected chi connectivity index (χ4v) is 1.57. The molecule has 0 unspecified atom stereocenters. The van der Waals surface area contributed by atoms with Crippen molar-refractivity contribution < 1.29 is 9.53 Å². The molecule has 4 heteroatoms. The molecule has 0 spiro atoms. The number of nitrogen functional groups attached to an aromatic ring is 1. The molecule has 17 heavy (non-hydrogen) atoms. The van der Waals surface area contributed by atoms with Crippen molar-refractivity contribution in [2.75, 3.05) is 12.3 Å². The fourth-order valence-electron chi connectivity index (χ4n) is 1.39. The van der Waals surface area contributed by atoms with Crippen LogP contribution in [0.5, 0.6) is 0 Å². The van der Waals surface area contributed by atoms with Gasteiger partial charge in [0.1, 0.15) is 0 Å². The molecule has 0 fully saturated rings. The van der Waals surface area contributed by atoms with E-state index in [4.69, 9.17) is 22.1 Å². The van der Waals surface area contributed by atoms with Crippen molar-refractivity contribution in [2.24, 2.45) is 5.92 Å². The Morgan fingerprint density at radius 1 is 1.47 bits per heavy atom. The molecule has 0 saturated heterocycles. The highest BCUT2D eigenvalue weighted by atomic mass is 35.5. The van der Waals surface area contributed by atoms with Crippen LogP contribution < -0.4 is 5.73 Å². The molecule has 0 atom stereocenters. The van der Waals surface area contributed by atoms with Crippen LogP contribution in [0.4, 0.5) is 5.69 Å². The van der Waals surface area contributed by atoms with Gasteiger partial charge in [0.2, 0.25) is 0 Å². The fraction of sp³-hybridized carbons (Fsp3) is 0.462. The third-order valence-corrected chi connectivity index (χ3v) is 2.72. The zero-order chi connectivity index (χ0) is 12.8. The van der Waals surface area contributed by atoms with Gasteiger partial charge in [0, 0.05) is 0 Å². The standard InChI is InChI=1S/C13H18ClNO2/c1-9(2)4-3-7-17-13(16)10-5-6-12(15)11(14)8-10/h5-6,8-9H,3-4,7,15H2,1-2H3. The van der Waals surface area contributed by atoms with Gasteiger partial charge in [0.15, 0.2) is 0 Å². The van der Waals surface area contributed by atoms with E-state index in [0.29, 0.717) is 28.8 Å². The summed E-state index contributed by atoms with van der Waals surface area (Å²) in [7, 11) is 0. The topological polar surface area (TPSA) is 52.3 Å². The highest BCUT2D eigenvalue weighted by molar-refractivity contribution is 6.33. The monoisotopic (exact) mass is 255 g/mol. The Balaban J connectivity index is 2.44. The van der Waals surface area contributed by atoms with Crippen molar-refractivity contribution in [2.45, 2.75) is 26.7 Å². The lowest BCUT2D eigenvalue weighted by Gasteiger charge is -2.07. The summed E-state index contributed by atoms with van der Waals surface area (Å²) in [6.07, 6.45) is 1.93. The Bertz CT molecular complexity index is 391. The normalized spacial score (nSPS) is 10.6. The quantitative estimate of drug-likeness (QED) is 0.498. The predicted molar refractivity (Wildman–Crippen MR) is 70.2 cm³/mol. The van der Waals surface area contributed by atoms with Gasteiger partial charge in [-0.3, -0.25) is 0 Å². The van der Waals surface area contributed by atoms with Crippen molar-refractivity contribution in [3.05, 3.63) is 28.8 Å². The van der Waals surface area contributed by atoms with E-state index in [9.17, 15) is 4.79 Å². The molecule has 1 aromatic rings. The van der Waals surface area contributed by atoms with Crippen molar-refractivity contribution in [1.82, 2.24) is 0 Å². The number of nitrogens with two attached hydrogens (primary N) is 1. The summed E-state index contributed by atoms with van der Waals surface area (Å²) in [5.74, 6) is 0.273. The first-order valence-electron chi connectivity index (χ1n) is 5.73. The van der Waals surface area contributed by atoms with Crippen LogP contribution in [0.15, 0.2) is 18.2 Å². The lowest BCUT2D eigenvalue weighted by Crippen LogP contribution is -2.07. The number of benzene rings is 1. The van der Waals surface area contributed by atoms with Crippen molar-refractivity contribution in [1.29, 1.82) is 0 Å². The van der Waals surface area contributed by atoms with E-state index in [2.05, 4.69) is 13.8 Å². The van der Waals surface area contributed by atoms with Gasteiger partial charge in [0.05, 0.1) is 22.9 Å². The molecule has 0 radical (unpaired) electrons. The van der Waals surface area contributed by atoms with Crippen LogP contribution in [-0.2, 0) is 4.74 Å². The lowest BCUT2D eigenvalue weighted by molar-refractivity contribution is 0.0495. The second-order valence-electron chi connectivity index (χ2n) is 4.41. The average molecular weight is 256 g/mol. The van der Waals surface area contributed by atoms with Gasteiger partial charge in [-0.15, -0.1) is 0 Å². The van der Waals surface area contributed by atoms with Crippen LogP contribution in [0.1, 0.15) is 37.0 Å². The van der Waals surface area contributed by atoms with Crippen LogP contribution >= 0.6 is 11.6 Å². The number of ether oxygens (including phenoxy) is 1. The van der Waals surface area contributed by atoms with Gasteiger partial charge in [-0.1, -0.05) is 25.4 Å². The maximum atomic E-state index is 11.6. The van der Waals surface area contributed by atoms with E-state index < -0.39 is 0 Å². The third kappa shape index (κ3) is 4.65. The smallest absolute Gasteiger partial charge is 0.338 e. The van der Waals surface area contributed by atoms with Gasteiger partial charge >= 0.3 is 5.97 Å².